The minimum Gasteiger partial charge on any atom is -0.496 e. The van der Waals surface area contributed by atoms with Crippen molar-refractivity contribution in [2.24, 2.45) is 5.10 Å². The highest BCUT2D eigenvalue weighted by Gasteiger charge is 2.18. The molecule has 0 bridgehead atoms. The maximum Gasteiger partial charge on any atom is 0.311 e. The molecule has 0 aliphatic heterocycles. The molecular formula is C18H19N3O6. The van der Waals surface area contributed by atoms with Crippen LogP contribution < -0.4 is 19.6 Å². The maximum atomic E-state index is 11.8. The summed E-state index contributed by atoms with van der Waals surface area (Å²) in [5.74, 6) is 0.455. The second kappa shape index (κ2) is 9.18. The van der Waals surface area contributed by atoms with Gasteiger partial charge in [0.15, 0.2) is 6.61 Å². The highest BCUT2D eigenvalue weighted by molar-refractivity contribution is 5.87. The number of aryl methyl sites for hydroxylation is 1. The highest BCUT2D eigenvalue weighted by Crippen LogP contribution is 2.33. The van der Waals surface area contributed by atoms with Crippen molar-refractivity contribution < 1.29 is 23.9 Å². The van der Waals surface area contributed by atoms with Gasteiger partial charge in [-0.1, -0.05) is 17.7 Å². The summed E-state index contributed by atoms with van der Waals surface area (Å²) in [6.07, 6.45) is 1.25. The Hall–Kier alpha value is -3.62. The van der Waals surface area contributed by atoms with Gasteiger partial charge < -0.3 is 14.2 Å². The monoisotopic (exact) mass is 373 g/mol. The van der Waals surface area contributed by atoms with Crippen LogP contribution in [0.2, 0.25) is 0 Å². The number of hydrazone groups is 1. The van der Waals surface area contributed by atoms with Crippen molar-refractivity contribution in [2.75, 3.05) is 20.8 Å². The first-order valence-electron chi connectivity index (χ1n) is 7.86. The van der Waals surface area contributed by atoms with Gasteiger partial charge in [-0.15, -0.1) is 0 Å². The molecule has 27 heavy (non-hydrogen) atoms. The van der Waals surface area contributed by atoms with Gasteiger partial charge in [0.1, 0.15) is 11.5 Å². The molecule has 2 rings (SSSR count). The molecule has 0 fully saturated rings. The van der Waals surface area contributed by atoms with Gasteiger partial charge >= 0.3 is 5.69 Å². The van der Waals surface area contributed by atoms with Crippen molar-refractivity contribution in [1.82, 2.24) is 5.43 Å². The van der Waals surface area contributed by atoms with Crippen molar-refractivity contribution in [2.45, 2.75) is 6.92 Å². The van der Waals surface area contributed by atoms with Crippen LogP contribution in [0.15, 0.2) is 41.5 Å². The molecule has 0 spiro atoms. The molecule has 142 valence electrons. The molecule has 0 heterocycles. The summed E-state index contributed by atoms with van der Waals surface area (Å²) in [6, 6.07) is 9.88. The van der Waals surface area contributed by atoms with E-state index in [2.05, 4.69) is 10.5 Å². The van der Waals surface area contributed by atoms with E-state index < -0.39 is 10.8 Å². The molecule has 9 heteroatoms. The lowest BCUT2D eigenvalue weighted by molar-refractivity contribution is -0.385. The highest BCUT2D eigenvalue weighted by atomic mass is 16.6. The fraction of sp³-hybridized carbons (Fsp3) is 0.222. The molecular weight excluding hydrogens is 354 g/mol. The zero-order valence-corrected chi connectivity index (χ0v) is 15.1. The number of carbonyl (C=O) groups is 1. The molecule has 2 aromatic rings. The third-order valence-corrected chi connectivity index (χ3v) is 3.51. The summed E-state index contributed by atoms with van der Waals surface area (Å²) >= 11 is 0. The van der Waals surface area contributed by atoms with Crippen LogP contribution in [0.25, 0.3) is 0 Å². The number of methoxy groups -OCH3 is 2. The van der Waals surface area contributed by atoms with E-state index in [0.717, 1.165) is 5.56 Å². The molecule has 0 atom stereocenters. The van der Waals surface area contributed by atoms with Crippen molar-refractivity contribution in [3.63, 3.8) is 0 Å². The van der Waals surface area contributed by atoms with Crippen molar-refractivity contribution in [1.29, 1.82) is 0 Å². The largest absolute Gasteiger partial charge is 0.496 e. The Kier molecular flexibility index (Phi) is 6.70. The molecule has 0 radical (unpaired) electrons. The maximum absolute atomic E-state index is 11.8. The van der Waals surface area contributed by atoms with E-state index in [9.17, 15) is 14.9 Å². The minimum atomic E-state index is -0.580. The smallest absolute Gasteiger partial charge is 0.311 e. The summed E-state index contributed by atoms with van der Waals surface area (Å²) in [5.41, 5.74) is 3.44. The molecule has 0 saturated heterocycles. The van der Waals surface area contributed by atoms with Gasteiger partial charge in [-0.2, -0.15) is 5.10 Å². The number of amides is 1. The van der Waals surface area contributed by atoms with Crippen molar-refractivity contribution >= 4 is 17.8 Å². The quantitative estimate of drug-likeness (QED) is 0.432. The van der Waals surface area contributed by atoms with Gasteiger partial charge in [0.05, 0.1) is 25.4 Å². The van der Waals surface area contributed by atoms with E-state index in [1.165, 1.54) is 32.6 Å². The Morgan fingerprint density at radius 1 is 1.19 bits per heavy atom. The Bertz CT molecular complexity index is 849. The van der Waals surface area contributed by atoms with Crippen LogP contribution in [0.4, 0.5) is 5.69 Å². The number of ether oxygens (including phenoxy) is 3. The van der Waals surface area contributed by atoms with E-state index in [1.807, 2.05) is 19.1 Å². The van der Waals surface area contributed by atoms with E-state index in [0.29, 0.717) is 17.1 Å². The third kappa shape index (κ3) is 5.43. The van der Waals surface area contributed by atoms with E-state index in [4.69, 9.17) is 14.2 Å². The molecule has 0 unspecified atom stereocenters. The molecule has 2 aromatic carbocycles. The second-order valence-corrected chi connectivity index (χ2v) is 5.42. The summed E-state index contributed by atoms with van der Waals surface area (Å²) < 4.78 is 15.5. The minimum absolute atomic E-state index is 0.0598. The van der Waals surface area contributed by atoms with Gasteiger partial charge in [0, 0.05) is 17.7 Å². The number of nitrogens with one attached hydrogen (secondary N) is 1. The van der Waals surface area contributed by atoms with Gasteiger partial charge in [0.25, 0.3) is 5.91 Å². The van der Waals surface area contributed by atoms with Crippen molar-refractivity contribution in [3.05, 3.63) is 57.6 Å². The van der Waals surface area contributed by atoms with Crippen LogP contribution in [0, 0.1) is 17.0 Å². The van der Waals surface area contributed by atoms with Crippen LogP contribution >= 0.6 is 0 Å². The zero-order valence-electron chi connectivity index (χ0n) is 15.1. The van der Waals surface area contributed by atoms with E-state index >= 15 is 0 Å². The fourth-order valence-corrected chi connectivity index (χ4v) is 2.14. The number of nitro benzene ring substituents is 1. The Balaban J connectivity index is 2.02. The number of rotatable bonds is 8. The first-order chi connectivity index (χ1) is 12.9. The summed E-state index contributed by atoms with van der Waals surface area (Å²) in [6.45, 7) is 1.73. The average Bonchev–Trinajstić information content (AvgIpc) is 2.67. The first kappa shape index (κ1) is 19.7. The SMILES string of the molecule is COc1cc(OC)c([N+](=O)[O-])cc1/C=N/NC(=O)COc1ccc(C)cc1. The topological polar surface area (TPSA) is 112 Å². The lowest BCUT2D eigenvalue weighted by Gasteiger charge is -2.08. The number of benzene rings is 2. The lowest BCUT2D eigenvalue weighted by atomic mass is 10.1. The van der Waals surface area contributed by atoms with Crippen LogP contribution in [-0.2, 0) is 4.79 Å². The predicted octanol–water partition coefficient (Wildman–Crippen LogP) is 2.45. The Labute approximate surface area is 155 Å². The molecule has 0 aromatic heterocycles. The van der Waals surface area contributed by atoms with Gasteiger partial charge in [-0.3, -0.25) is 14.9 Å². The predicted molar refractivity (Wildman–Crippen MR) is 98.6 cm³/mol. The second-order valence-electron chi connectivity index (χ2n) is 5.42. The summed E-state index contributed by atoms with van der Waals surface area (Å²) in [4.78, 5) is 22.3. The van der Waals surface area contributed by atoms with E-state index in [1.54, 1.807) is 12.1 Å². The van der Waals surface area contributed by atoms with E-state index in [-0.39, 0.29) is 18.0 Å². The Morgan fingerprint density at radius 3 is 2.44 bits per heavy atom. The van der Waals surface area contributed by atoms with Gasteiger partial charge in [-0.05, 0) is 19.1 Å². The lowest BCUT2D eigenvalue weighted by Crippen LogP contribution is -2.24. The molecule has 0 saturated carbocycles. The van der Waals surface area contributed by atoms with Crippen LogP contribution in [0.1, 0.15) is 11.1 Å². The number of hydrogen-bond acceptors (Lipinski definition) is 7. The van der Waals surface area contributed by atoms with Gasteiger partial charge in [-0.25, -0.2) is 5.43 Å². The van der Waals surface area contributed by atoms with Crippen molar-refractivity contribution in [3.8, 4) is 17.2 Å². The van der Waals surface area contributed by atoms with Crippen LogP contribution in [0.5, 0.6) is 17.2 Å². The first-order valence-corrected chi connectivity index (χ1v) is 7.86. The summed E-state index contributed by atoms with van der Waals surface area (Å²) in [7, 11) is 2.73. The molecule has 0 aliphatic rings. The number of hydrogen-bond donors (Lipinski definition) is 1. The average molecular weight is 373 g/mol. The zero-order chi connectivity index (χ0) is 19.8. The number of carbonyl (C=O) groups excluding carboxylic acids is 1. The summed E-state index contributed by atoms with van der Waals surface area (Å²) in [5, 5.41) is 14.9. The van der Waals surface area contributed by atoms with Crippen LogP contribution in [0.3, 0.4) is 0 Å². The van der Waals surface area contributed by atoms with Gasteiger partial charge in [0.2, 0.25) is 5.75 Å². The normalized spacial score (nSPS) is 10.5. The van der Waals surface area contributed by atoms with Crippen LogP contribution in [-0.4, -0.2) is 37.9 Å². The number of nitrogens with zero attached hydrogens (tertiary/aromatic N) is 2. The molecule has 9 nitrogen and oxygen atoms in total. The molecule has 0 aliphatic carbocycles. The number of nitro groups is 1. The fourth-order valence-electron chi connectivity index (χ4n) is 2.14. The third-order valence-electron chi connectivity index (χ3n) is 3.51. The Morgan fingerprint density at radius 2 is 1.85 bits per heavy atom. The standard InChI is InChI=1S/C18H19N3O6/c1-12-4-6-14(7-5-12)27-11-18(22)20-19-10-13-8-15(21(23)24)17(26-3)9-16(13)25-2/h4-10H,11H2,1-3H3,(H,20,22)/b19-10+. The molecule has 1 N–H and O–H groups in total. The molecule has 1 amide bonds.